The first-order valence-corrected chi connectivity index (χ1v) is 8.36. The molecule has 0 saturated heterocycles. The molecule has 0 amide bonds. The molecule has 0 N–H and O–H groups in total. The van der Waals surface area contributed by atoms with Gasteiger partial charge in [-0.05, 0) is 50.3 Å². The van der Waals surface area contributed by atoms with Gasteiger partial charge in [0.25, 0.3) is 0 Å². The minimum absolute atomic E-state index is 0.186. The van der Waals surface area contributed by atoms with Gasteiger partial charge >= 0.3 is 5.97 Å². The molecule has 0 spiro atoms. The second-order valence-electron chi connectivity index (χ2n) is 6.36. The van der Waals surface area contributed by atoms with E-state index in [1.54, 1.807) is 0 Å². The summed E-state index contributed by atoms with van der Waals surface area (Å²) in [6.07, 6.45) is 6.72. The second kappa shape index (κ2) is 6.99. The van der Waals surface area contributed by atoms with Crippen molar-refractivity contribution in [2.45, 2.75) is 58.3 Å². The Morgan fingerprint density at radius 1 is 1.17 bits per heavy atom. The standard InChI is InChI=1S/C19H23NO3/c1-13-18(14(2)23-20-13)12-19(21)22-17-10-8-16(9-11-17)15-6-4-3-5-7-15/h8-11,15H,3-7,12H2,1-2H3. The van der Waals surface area contributed by atoms with Crippen molar-refractivity contribution in [2.24, 2.45) is 0 Å². The van der Waals surface area contributed by atoms with Gasteiger partial charge in [0, 0.05) is 5.56 Å². The van der Waals surface area contributed by atoms with Crippen LogP contribution in [0.3, 0.4) is 0 Å². The highest BCUT2D eigenvalue weighted by Crippen LogP contribution is 2.33. The summed E-state index contributed by atoms with van der Waals surface area (Å²) in [5.74, 6) is 1.65. The van der Waals surface area contributed by atoms with Gasteiger partial charge in [-0.3, -0.25) is 4.79 Å². The average molecular weight is 313 g/mol. The summed E-state index contributed by atoms with van der Waals surface area (Å²) in [7, 11) is 0. The molecule has 0 atom stereocenters. The highest BCUT2D eigenvalue weighted by molar-refractivity contribution is 5.75. The Hall–Kier alpha value is -2.10. The van der Waals surface area contributed by atoms with Crippen molar-refractivity contribution in [3.05, 3.63) is 46.8 Å². The van der Waals surface area contributed by atoms with E-state index in [0.717, 1.165) is 11.3 Å². The number of hydrogen-bond acceptors (Lipinski definition) is 4. The van der Waals surface area contributed by atoms with Gasteiger partial charge in [-0.1, -0.05) is 36.6 Å². The maximum absolute atomic E-state index is 12.1. The number of rotatable bonds is 4. The minimum Gasteiger partial charge on any atom is -0.426 e. The number of aromatic nitrogens is 1. The molecule has 1 aliphatic carbocycles. The van der Waals surface area contributed by atoms with E-state index in [4.69, 9.17) is 9.26 Å². The van der Waals surface area contributed by atoms with E-state index in [2.05, 4.69) is 17.3 Å². The van der Waals surface area contributed by atoms with E-state index >= 15 is 0 Å². The number of ether oxygens (including phenoxy) is 1. The van der Waals surface area contributed by atoms with E-state index in [1.807, 2.05) is 26.0 Å². The summed E-state index contributed by atoms with van der Waals surface area (Å²) in [6.45, 7) is 3.64. The lowest BCUT2D eigenvalue weighted by Gasteiger charge is -2.22. The molecule has 0 unspecified atom stereocenters. The first-order valence-electron chi connectivity index (χ1n) is 8.36. The summed E-state index contributed by atoms with van der Waals surface area (Å²) >= 11 is 0. The zero-order valence-corrected chi connectivity index (χ0v) is 13.8. The van der Waals surface area contributed by atoms with E-state index in [0.29, 0.717) is 17.4 Å². The van der Waals surface area contributed by atoms with Crippen molar-refractivity contribution >= 4 is 5.97 Å². The Labute approximate surface area is 136 Å². The third kappa shape index (κ3) is 3.81. The van der Waals surface area contributed by atoms with E-state index < -0.39 is 0 Å². The van der Waals surface area contributed by atoms with Crippen molar-refractivity contribution in [3.8, 4) is 5.75 Å². The normalized spacial score (nSPS) is 15.6. The van der Waals surface area contributed by atoms with Crippen molar-refractivity contribution in [1.29, 1.82) is 0 Å². The molecule has 0 aliphatic heterocycles. The molecular weight excluding hydrogens is 290 g/mol. The molecule has 4 heteroatoms. The quantitative estimate of drug-likeness (QED) is 0.616. The molecule has 23 heavy (non-hydrogen) atoms. The van der Waals surface area contributed by atoms with Gasteiger partial charge in [0.1, 0.15) is 11.5 Å². The fourth-order valence-electron chi connectivity index (χ4n) is 3.31. The number of aryl methyl sites for hydroxylation is 2. The SMILES string of the molecule is Cc1noc(C)c1CC(=O)Oc1ccc(C2CCCCC2)cc1. The van der Waals surface area contributed by atoms with Crippen molar-refractivity contribution in [3.63, 3.8) is 0 Å². The Morgan fingerprint density at radius 3 is 2.48 bits per heavy atom. The molecule has 1 aromatic heterocycles. The summed E-state index contributed by atoms with van der Waals surface area (Å²) in [5.41, 5.74) is 2.91. The Kier molecular flexibility index (Phi) is 4.79. The number of hydrogen-bond donors (Lipinski definition) is 0. The monoisotopic (exact) mass is 313 g/mol. The molecule has 122 valence electrons. The van der Waals surface area contributed by atoms with E-state index in [-0.39, 0.29) is 12.4 Å². The number of nitrogens with zero attached hydrogens (tertiary/aromatic N) is 1. The average Bonchev–Trinajstić information content (AvgIpc) is 2.88. The van der Waals surface area contributed by atoms with E-state index in [1.165, 1.54) is 37.7 Å². The van der Waals surface area contributed by atoms with Crippen LogP contribution in [0, 0.1) is 13.8 Å². The molecule has 3 rings (SSSR count). The van der Waals surface area contributed by atoms with Crippen LogP contribution in [0.5, 0.6) is 5.75 Å². The number of carbonyl (C=O) groups excluding carboxylic acids is 1. The number of esters is 1. The molecule has 0 radical (unpaired) electrons. The van der Waals surface area contributed by atoms with Gasteiger partial charge in [-0.25, -0.2) is 0 Å². The Morgan fingerprint density at radius 2 is 1.87 bits per heavy atom. The lowest BCUT2D eigenvalue weighted by Crippen LogP contribution is -2.12. The fourth-order valence-corrected chi connectivity index (χ4v) is 3.31. The van der Waals surface area contributed by atoms with Crippen LogP contribution in [0.1, 0.15) is 60.6 Å². The van der Waals surface area contributed by atoms with Gasteiger partial charge in [0.15, 0.2) is 0 Å². The lowest BCUT2D eigenvalue weighted by molar-refractivity contribution is -0.133. The molecule has 1 aromatic carbocycles. The second-order valence-corrected chi connectivity index (χ2v) is 6.36. The van der Waals surface area contributed by atoms with Crippen LogP contribution in [0.4, 0.5) is 0 Å². The summed E-state index contributed by atoms with van der Waals surface area (Å²) in [4.78, 5) is 12.1. The molecule has 1 heterocycles. The Bertz CT molecular complexity index is 647. The van der Waals surface area contributed by atoms with Crippen LogP contribution in [0.2, 0.25) is 0 Å². The third-order valence-corrected chi connectivity index (χ3v) is 4.69. The highest BCUT2D eigenvalue weighted by Gasteiger charge is 2.17. The zero-order chi connectivity index (χ0) is 16.2. The highest BCUT2D eigenvalue weighted by atomic mass is 16.5. The maximum Gasteiger partial charge on any atom is 0.315 e. The van der Waals surface area contributed by atoms with Gasteiger partial charge in [-0.2, -0.15) is 0 Å². The first kappa shape index (κ1) is 15.8. The third-order valence-electron chi connectivity index (χ3n) is 4.69. The summed E-state index contributed by atoms with van der Waals surface area (Å²) in [6, 6.07) is 7.98. The lowest BCUT2D eigenvalue weighted by atomic mass is 9.84. The topological polar surface area (TPSA) is 52.3 Å². The largest absolute Gasteiger partial charge is 0.426 e. The predicted octanol–water partition coefficient (Wildman–Crippen LogP) is 4.49. The van der Waals surface area contributed by atoms with Crippen molar-refractivity contribution < 1.29 is 14.1 Å². The van der Waals surface area contributed by atoms with Gasteiger partial charge in [0.05, 0.1) is 12.1 Å². The van der Waals surface area contributed by atoms with Crippen LogP contribution >= 0.6 is 0 Å². The maximum atomic E-state index is 12.1. The van der Waals surface area contributed by atoms with Crippen LogP contribution in [0.15, 0.2) is 28.8 Å². The number of carbonyl (C=O) groups is 1. The fraction of sp³-hybridized carbons (Fsp3) is 0.474. The van der Waals surface area contributed by atoms with Crippen LogP contribution < -0.4 is 4.74 Å². The van der Waals surface area contributed by atoms with Crippen molar-refractivity contribution in [2.75, 3.05) is 0 Å². The van der Waals surface area contributed by atoms with Gasteiger partial charge in [-0.15, -0.1) is 0 Å². The molecule has 4 nitrogen and oxygen atoms in total. The van der Waals surface area contributed by atoms with Crippen molar-refractivity contribution in [1.82, 2.24) is 5.16 Å². The zero-order valence-electron chi connectivity index (χ0n) is 13.8. The van der Waals surface area contributed by atoms with E-state index in [9.17, 15) is 4.79 Å². The number of benzene rings is 1. The van der Waals surface area contributed by atoms with Gasteiger partial charge < -0.3 is 9.26 Å². The smallest absolute Gasteiger partial charge is 0.315 e. The first-order chi connectivity index (χ1) is 11.1. The van der Waals surface area contributed by atoms with Gasteiger partial charge in [0.2, 0.25) is 0 Å². The van der Waals surface area contributed by atoms with Crippen LogP contribution in [-0.2, 0) is 11.2 Å². The molecule has 1 saturated carbocycles. The summed E-state index contributed by atoms with van der Waals surface area (Å²) in [5, 5.41) is 3.86. The molecule has 1 fully saturated rings. The summed E-state index contributed by atoms with van der Waals surface area (Å²) < 4.78 is 10.5. The molecule has 0 bridgehead atoms. The van der Waals surface area contributed by atoms with Crippen LogP contribution in [0.25, 0.3) is 0 Å². The predicted molar refractivity (Wildman–Crippen MR) is 87.6 cm³/mol. The minimum atomic E-state index is -0.287. The van der Waals surface area contributed by atoms with Crippen LogP contribution in [-0.4, -0.2) is 11.1 Å². The molecular formula is C19H23NO3. The Balaban J connectivity index is 1.60. The molecule has 2 aromatic rings. The molecule has 1 aliphatic rings.